The van der Waals surface area contributed by atoms with Crippen LogP contribution in [0.1, 0.15) is 11.1 Å². The van der Waals surface area contributed by atoms with Gasteiger partial charge in [0.1, 0.15) is 18.2 Å². The van der Waals surface area contributed by atoms with Crippen LogP contribution in [0.25, 0.3) is 6.08 Å². The van der Waals surface area contributed by atoms with E-state index >= 15 is 0 Å². The van der Waals surface area contributed by atoms with Gasteiger partial charge < -0.3 is 9.84 Å². The van der Waals surface area contributed by atoms with E-state index in [1.165, 1.54) is 18.2 Å². The molecule has 0 saturated carbocycles. The third kappa shape index (κ3) is 4.24. The van der Waals surface area contributed by atoms with Crippen molar-refractivity contribution in [2.75, 3.05) is 0 Å². The summed E-state index contributed by atoms with van der Waals surface area (Å²) in [7, 11) is 0. The summed E-state index contributed by atoms with van der Waals surface area (Å²) in [6.45, 7) is 0.326. The zero-order valence-corrected chi connectivity index (χ0v) is 10.6. The van der Waals surface area contributed by atoms with Crippen molar-refractivity contribution in [1.82, 2.24) is 0 Å². The molecule has 2 rings (SSSR count). The average Bonchev–Trinajstić information content (AvgIpc) is 2.45. The van der Waals surface area contributed by atoms with E-state index in [4.69, 9.17) is 9.84 Å². The molecule has 0 aliphatic carbocycles. The molecule has 0 fully saturated rings. The Morgan fingerprint density at radius 1 is 1.20 bits per heavy atom. The number of rotatable bonds is 5. The Morgan fingerprint density at radius 3 is 2.65 bits per heavy atom. The van der Waals surface area contributed by atoms with Crippen LogP contribution in [0, 0.1) is 5.82 Å². The van der Waals surface area contributed by atoms with Gasteiger partial charge in [0, 0.05) is 6.08 Å². The van der Waals surface area contributed by atoms with E-state index in [0.29, 0.717) is 12.4 Å². The molecule has 0 aromatic heterocycles. The summed E-state index contributed by atoms with van der Waals surface area (Å²) in [6.07, 6.45) is 2.56. The number of carboxylic acids is 1. The number of hydrogen-bond donors (Lipinski definition) is 1. The van der Waals surface area contributed by atoms with E-state index in [1.54, 1.807) is 36.4 Å². The highest BCUT2D eigenvalue weighted by Crippen LogP contribution is 2.16. The highest BCUT2D eigenvalue weighted by atomic mass is 19.1. The van der Waals surface area contributed by atoms with Gasteiger partial charge in [-0.1, -0.05) is 24.3 Å². The van der Waals surface area contributed by atoms with E-state index < -0.39 is 5.97 Å². The maximum Gasteiger partial charge on any atom is 0.328 e. The minimum Gasteiger partial charge on any atom is -0.489 e. The summed E-state index contributed by atoms with van der Waals surface area (Å²) >= 11 is 0. The molecule has 0 unspecified atom stereocenters. The number of halogens is 1. The van der Waals surface area contributed by atoms with E-state index in [0.717, 1.165) is 17.2 Å². The van der Waals surface area contributed by atoms with Crippen LogP contribution < -0.4 is 4.74 Å². The molecule has 2 aromatic carbocycles. The molecular formula is C16H13FO3. The molecular weight excluding hydrogens is 259 g/mol. The van der Waals surface area contributed by atoms with Gasteiger partial charge >= 0.3 is 5.97 Å². The molecule has 2 aromatic rings. The zero-order chi connectivity index (χ0) is 14.4. The molecule has 0 aliphatic heterocycles. The Bertz CT molecular complexity index is 618. The molecule has 0 heterocycles. The first kappa shape index (κ1) is 13.8. The first-order valence-corrected chi connectivity index (χ1v) is 6.02. The van der Waals surface area contributed by atoms with Gasteiger partial charge in [-0.05, 0) is 41.5 Å². The van der Waals surface area contributed by atoms with Crippen molar-refractivity contribution in [3.05, 3.63) is 71.6 Å². The summed E-state index contributed by atoms with van der Waals surface area (Å²) < 4.78 is 18.3. The fraction of sp³-hybridized carbons (Fsp3) is 0.0625. The number of aliphatic carboxylic acids is 1. The SMILES string of the molecule is O=C(O)C=Cc1cccc(OCc2ccc(F)cc2)c1. The van der Waals surface area contributed by atoms with Gasteiger partial charge in [-0.15, -0.1) is 0 Å². The predicted octanol–water partition coefficient (Wildman–Crippen LogP) is 3.50. The standard InChI is InChI=1S/C16H13FO3/c17-14-7-4-13(5-8-14)11-20-15-3-1-2-12(10-15)6-9-16(18)19/h1-10H,11H2,(H,18,19). The van der Waals surface area contributed by atoms with E-state index in [2.05, 4.69) is 0 Å². The molecule has 0 aliphatic rings. The van der Waals surface area contributed by atoms with Gasteiger partial charge in [0.05, 0.1) is 0 Å². The lowest BCUT2D eigenvalue weighted by molar-refractivity contribution is -0.131. The first-order valence-electron chi connectivity index (χ1n) is 6.02. The highest BCUT2D eigenvalue weighted by molar-refractivity contribution is 5.85. The van der Waals surface area contributed by atoms with Gasteiger partial charge in [-0.2, -0.15) is 0 Å². The van der Waals surface area contributed by atoms with Gasteiger partial charge in [0.2, 0.25) is 0 Å². The smallest absolute Gasteiger partial charge is 0.328 e. The van der Waals surface area contributed by atoms with E-state index in [-0.39, 0.29) is 5.82 Å². The molecule has 0 saturated heterocycles. The Hall–Kier alpha value is -2.62. The van der Waals surface area contributed by atoms with Crippen LogP contribution in [0.5, 0.6) is 5.75 Å². The van der Waals surface area contributed by atoms with Gasteiger partial charge in [-0.3, -0.25) is 0 Å². The quantitative estimate of drug-likeness (QED) is 0.847. The molecule has 0 amide bonds. The molecule has 0 bridgehead atoms. The van der Waals surface area contributed by atoms with Crippen molar-refractivity contribution in [2.45, 2.75) is 6.61 Å². The van der Waals surface area contributed by atoms with Gasteiger partial charge in [0.25, 0.3) is 0 Å². The molecule has 20 heavy (non-hydrogen) atoms. The minimum absolute atomic E-state index is 0.283. The molecule has 0 atom stereocenters. The molecule has 102 valence electrons. The number of ether oxygens (including phenoxy) is 1. The molecule has 0 radical (unpaired) electrons. The molecule has 4 heteroatoms. The minimum atomic E-state index is -0.998. The fourth-order valence-electron chi connectivity index (χ4n) is 1.62. The topological polar surface area (TPSA) is 46.5 Å². The third-order valence-corrected chi connectivity index (χ3v) is 2.60. The van der Waals surface area contributed by atoms with Crippen LogP contribution in [0.4, 0.5) is 4.39 Å². The van der Waals surface area contributed by atoms with Crippen LogP contribution in [0.15, 0.2) is 54.6 Å². The van der Waals surface area contributed by atoms with Crippen LogP contribution in [-0.2, 0) is 11.4 Å². The van der Waals surface area contributed by atoms with Crippen molar-refractivity contribution in [1.29, 1.82) is 0 Å². The van der Waals surface area contributed by atoms with Crippen molar-refractivity contribution in [2.24, 2.45) is 0 Å². The summed E-state index contributed by atoms with van der Waals surface area (Å²) in [4.78, 5) is 10.4. The normalized spacial score (nSPS) is 10.7. The second-order valence-electron chi connectivity index (χ2n) is 4.16. The lowest BCUT2D eigenvalue weighted by Gasteiger charge is -2.07. The maximum atomic E-state index is 12.8. The summed E-state index contributed by atoms with van der Waals surface area (Å²) in [5, 5.41) is 8.57. The van der Waals surface area contributed by atoms with Crippen LogP contribution in [0.2, 0.25) is 0 Å². The third-order valence-electron chi connectivity index (χ3n) is 2.60. The monoisotopic (exact) mass is 272 g/mol. The summed E-state index contributed by atoms with van der Waals surface area (Å²) in [5.41, 5.74) is 1.60. The number of carboxylic acid groups (broad SMARTS) is 1. The Kier molecular flexibility index (Phi) is 4.50. The molecule has 3 nitrogen and oxygen atoms in total. The lowest BCUT2D eigenvalue weighted by Crippen LogP contribution is -1.95. The van der Waals surface area contributed by atoms with Crippen LogP contribution in [-0.4, -0.2) is 11.1 Å². The second kappa shape index (κ2) is 6.52. The van der Waals surface area contributed by atoms with Crippen molar-refractivity contribution >= 4 is 12.0 Å². The Morgan fingerprint density at radius 2 is 1.95 bits per heavy atom. The highest BCUT2D eigenvalue weighted by Gasteiger charge is 1.98. The number of carbonyl (C=O) groups is 1. The van der Waals surface area contributed by atoms with Gasteiger partial charge in [-0.25, -0.2) is 9.18 Å². The van der Waals surface area contributed by atoms with Gasteiger partial charge in [0.15, 0.2) is 0 Å². The Balaban J connectivity index is 2.01. The van der Waals surface area contributed by atoms with Crippen molar-refractivity contribution < 1.29 is 19.0 Å². The largest absolute Gasteiger partial charge is 0.489 e. The Labute approximate surface area is 115 Å². The van der Waals surface area contributed by atoms with Crippen LogP contribution >= 0.6 is 0 Å². The maximum absolute atomic E-state index is 12.8. The zero-order valence-electron chi connectivity index (χ0n) is 10.6. The fourth-order valence-corrected chi connectivity index (χ4v) is 1.62. The first-order chi connectivity index (χ1) is 9.63. The summed E-state index contributed by atoms with van der Waals surface area (Å²) in [6, 6.07) is 13.2. The summed E-state index contributed by atoms with van der Waals surface area (Å²) in [5.74, 6) is -0.654. The van der Waals surface area contributed by atoms with Crippen molar-refractivity contribution in [3.63, 3.8) is 0 Å². The van der Waals surface area contributed by atoms with E-state index in [9.17, 15) is 9.18 Å². The van der Waals surface area contributed by atoms with Crippen molar-refractivity contribution in [3.8, 4) is 5.75 Å². The second-order valence-corrected chi connectivity index (χ2v) is 4.16. The number of benzene rings is 2. The average molecular weight is 272 g/mol. The van der Waals surface area contributed by atoms with Crippen LogP contribution in [0.3, 0.4) is 0 Å². The molecule has 0 spiro atoms. The lowest BCUT2D eigenvalue weighted by atomic mass is 10.2. The number of hydrogen-bond acceptors (Lipinski definition) is 2. The molecule has 1 N–H and O–H groups in total. The van der Waals surface area contributed by atoms with E-state index in [1.807, 2.05) is 0 Å². The predicted molar refractivity (Wildman–Crippen MR) is 73.8 cm³/mol.